The minimum absolute atomic E-state index is 0.128. The van der Waals surface area contributed by atoms with E-state index in [9.17, 15) is 8.78 Å². The van der Waals surface area contributed by atoms with Crippen LogP contribution < -0.4 is 0 Å². The Morgan fingerprint density at radius 2 is 1.30 bits per heavy atom. The van der Waals surface area contributed by atoms with Gasteiger partial charge in [-0.15, -0.1) is 0 Å². The van der Waals surface area contributed by atoms with Crippen molar-refractivity contribution in [3.63, 3.8) is 0 Å². The zero-order valence-corrected chi connectivity index (χ0v) is 22.1. The Labute approximate surface area is 220 Å². The normalized spacial score (nSPS) is 30.7. The van der Waals surface area contributed by atoms with Gasteiger partial charge in [0.15, 0.2) is 12.3 Å². The molecule has 0 amide bonds. The Bertz CT molecular complexity index is 1160. The van der Waals surface area contributed by atoms with Gasteiger partial charge < -0.3 is 0 Å². The molecule has 0 N–H and O–H groups in total. The highest BCUT2D eigenvalue weighted by atomic mass is 19.2. The van der Waals surface area contributed by atoms with Gasteiger partial charge in [-0.05, 0) is 128 Å². The summed E-state index contributed by atoms with van der Waals surface area (Å²) in [6.07, 6.45) is 14.5. The summed E-state index contributed by atoms with van der Waals surface area (Å²) >= 11 is 0. The number of hydrogen-bond donors (Lipinski definition) is 0. The van der Waals surface area contributed by atoms with Crippen molar-refractivity contribution in [3.8, 4) is 11.1 Å². The second-order valence-electron chi connectivity index (χ2n) is 11.5. The largest absolute Gasteiger partial charge is 0.239 e. The number of rotatable bonds is 5. The molecule has 0 aliphatic heterocycles. The Hall–Kier alpha value is -2.55. The first-order valence-corrected chi connectivity index (χ1v) is 14.1. The van der Waals surface area contributed by atoms with Crippen molar-refractivity contribution in [1.29, 1.82) is 0 Å². The van der Waals surface area contributed by atoms with E-state index in [-0.39, 0.29) is 5.82 Å². The first kappa shape index (κ1) is 26.1. The molecule has 2 aromatic rings. The third kappa shape index (κ3) is 5.66. The summed E-state index contributed by atoms with van der Waals surface area (Å²) in [6.45, 7) is 3.73. The molecule has 0 aromatic heterocycles. The number of halogens is 3. The molecule has 0 spiro atoms. The minimum Gasteiger partial charge on any atom is -0.239 e. The van der Waals surface area contributed by atoms with Crippen LogP contribution in [0.4, 0.5) is 13.2 Å². The van der Waals surface area contributed by atoms with Crippen molar-refractivity contribution < 1.29 is 13.2 Å². The highest BCUT2D eigenvalue weighted by Gasteiger charge is 2.32. The standard InChI is InChI=1S/C34H39F3/c1-3-4-23-6-8-24(9-7-23)25-10-14-27(15-11-25)30-20-18-29(21-32(30)35)26-12-16-28(17-13-26)31-19-5-22(2)33(36)34(31)37/h3-5,12-13,16-21,23-25,27,33-34H,6-11,14-15H2,1-2H3/b4-3+. The molecule has 0 radical (unpaired) electrons. The van der Waals surface area contributed by atoms with Gasteiger partial charge in [-0.1, -0.05) is 60.7 Å². The van der Waals surface area contributed by atoms with Crippen LogP contribution in [0.1, 0.15) is 82.3 Å². The third-order valence-corrected chi connectivity index (χ3v) is 9.23. The number of hydrogen-bond acceptors (Lipinski definition) is 0. The smallest absolute Gasteiger partial charge is 0.161 e. The molecule has 2 saturated carbocycles. The first-order chi connectivity index (χ1) is 17.9. The topological polar surface area (TPSA) is 0 Å². The molecule has 0 nitrogen and oxygen atoms in total. The zero-order valence-electron chi connectivity index (χ0n) is 22.1. The van der Waals surface area contributed by atoms with Crippen LogP contribution in [0.15, 0.2) is 72.3 Å². The number of alkyl halides is 2. The molecule has 5 rings (SSSR count). The van der Waals surface area contributed by atoms with Crippen LogP contribution in [0.3, 0.4) is 0 Å². The van der Waals surface area contributed by atoms with Gasteiger partial charge in [-0.3, -0.25) is 0 Å². The summed E-state index contributed by atoms with van der Waals surface area (Å²) in [5.74, 6) is 2.60. The van der Waals surface area contributed by atoms with E-state index in [1.807, 2.05) is 24.3 Å². The van der Waals surface area contributed by atoms with Gasteiger partial charge in [-0.25, -0.2) is 13.2 Å². The first-order valence-electron chi connectivity index (χ1n) is 14.1. The van der Waals surface area contributed by atoms with Gasteiger partial charge in [0.25, 0.3) is 0 Å². The van der Waals surface area contributed by atoms with Gasteiger partial charge in [0.05, 0.1) is 0 Å². The average molecular weight is 505 g/mol. The molecule has 196 valence electrons. The molecule has 3 aliphatic carbocycles. The molecular formula is C34H39F3. The van der Waals surface area contributed by atoms with Crippen LogP contribution in [0.5, 0.6) is 0 Å². The Balaban J connectivity index is 1.21. The van der Waals surface area contributed by atoms with E-state index in [0.29, 0.717) is 22.6 Å². The van der Waals surface area contributed by atoms with Crippen molar-refractivity contribution in [2.75, 3.05) is 0 Å². The molecule has 2 atom stereocenters. The quantitative estimate of drug-likeness (QED) is 0.355. The highest BCUT2D eigenvalue weighted by Crippen LogP contribution is 2.45. The highest BCUT2D eigenvalue weighted by molar-refractivity contribution is 5.75. The molecule has 2 unspecified atom stereocenters. The van der Waals surface area contributed by atoms with Gasteiger partial charge in [0, 0.05) is 0 Å². The predicted molar refractivity (Wildman–Crippen MR) is 148 cm³/mol. The fourth-order valence-corrected chi connectivity index (χ4v) is 6.92. The number of benzene rings is 2. The zero-order chi connectivity index (χ0) is 25.9. The van der Waals surface area contributed by atoms with Gasteiger partial charge in [0.1, 0.15) is 5.82 Å². The maximum atomic E-state index is 15.3. The molecule has 0 saturated heterocycles. The summed E-state index contributed by atoms with van der Waals surface area (Å²) in [5, 5.41) is 0. The van der Waals surface area contributed by atoms with E-state index in [4.69, 9.17) is 0 Å². The Morgan fingerprint density at radius 3 is 1.92 bits per heavy atom. The van der Waals surface area contributed by atoms with Gasteiger partial charge in [0.2, 0.25) is 0 Å². The minimum atomic E-state index is -1.66. The molecule has 0 bridgehead atoms. The van der Waals surface area contributed by atoms with Crippen LogP contribution in [0.25, 0.3) is 16.7 Å². The maximum Gasteiger partial charge on any atom is 0.161 e. The lowest BCUT2D eigenvalue weighted by Gasteiger charge is -2.37. The average Bonchev–Trinajstić information content (AvgIpc) is 2.93. The van der Waals surface area contributed by atoms with Crippen molar-refractivity contribution >= 4 is 5.57 Å². The number of allylic oxidation sites excluding steroid dienone is 6. The van der Waals surface area contributed by atoms with E-state index in [2.05, 4.69) is 19.1 Å². The van der Waals surface area contributed by atoms with Crippen LogP contribution >= 0.6 is 0 Å². The van der Waals surface area contributed by atoms with E-state index >= 15 is 4.39 Å². The summed E-state index contributed by atoms with van der Waals surface area (Å²) in [6, 6.07) is 12.9. The molecule has 2 fully saturated rings. The van der Waals surface area contributed by atoms with Crippen LogP contribution in [-0.2, 0) is 0 Å². The molecule has 37 heavy (non-hydrogen) atoms. The SMILES string of the molecule is C/C=C/C1CCC(C2CCC(c3ccc(-c4ccc(C5=CC=C(C)C(F)C5F)cc4)cc3F)CC2)CC1. The summed E-state index contributed by atoms with van der Waals surface area (Å²) in [4.78, 5) is 0. The van der Waals surface area contributed by atoms with Crippen molar-refractivity contribution in [2.45, 2.75) is 83.5 Å². The summed E-state index contributed by atoms with van der Waals surface area (Å²) < 4.78 is 43.9. The Morgan fingerprint density at radius 1 is 0.703 bits per heavy atom. The third-order valence-electron chi connectivity index (χ3n) is 9.23. The molecule has 3 heteroatoms. The van der Waals surface area contributed by atoms with Gasteiger partial charge in [-0.2, -0.15) is 0 Å². The lowest BCUT2D eigenvalue weighted by atomic mass is 9.68. The van der Waals surface area contributed by atoms with E-state index < -0.39 is 12.3 Å². The lowest BCUT2D eigenvalue weighted by molar-refractivity contribution is 0.171. The van der Waals surface area contributed by atoms with Crippen LogP contribution in [0.2, 0.25) is 0 Å². The molecule has 3 aliphatic rings. The van der Waals surface area contributed by atoms with Gasteiger partial charge >= 0.3 is 0 Å². The lowest BCUT2D eigenvalue weighted by Crippen LogP contribution is -2.25. The molecule has 0 heterocycles. The van der Waals surface area contributed by atoms with Crippen molar-refractivity contribution in [3.05, 3.63) is 89.3 Å². The van der Waals surface area contributed by atoms with Crippen molar-refractivity contribution in [2.24, 2.45) is 17.8 Å². The summed E-state index contributed by atoms with van der Waals surface area (Å²) in [7, 11) is 0. The fraction of sp³-hybridized carbons (Fsp3) is 0.471. The maximum absolute atomic E-state index is 15.3. The van der Waals surface area contributed by atoms with Crippen molar-refractivity contribution in [1.82, 2.24) is 0 Å². The second kappa shape index (κ2) is 11.5. The van der Waals surface area contributed by atoms with E-state index in [1.165, 1.54) is 38.5 Å². The van der Waals surface area contributed by atoms with Crippen LogP contribution in [-0.4, -0.2) is 12.3 Å². The predicted octanol–water partition coefficient (Wildman–Crippen LogP) is 10.2. The van der Waals surface area contributed by atoms with E-state index in [1.54, 1.807) is 37.3 Å². The molecular weight excluding hydrogens is 465 g/mol. The molecule has 2 aromatic carbocycles. The monoisotopic (exact) mass is 504 g/mol. The Kier molecular flexibility index (Phi) is 8.07. The summed E-state index contributed by atoms with van der Waals surface area (Å²) in [5.41, 5.74) is 3.96. The fourth-order valence-electron chi connectivity index (χ4n) is 6.92. The second-order valence-corrected chi connectivity index (χ2v) is 11.5. The van der Waals surface area contributed by atoms with E-state index in [0.717, 1.165) is 47.3 Å². The van der Waals surface area contributed by atoms with Crippen LogP contribution in [0, 0.1) is 23.6 Å².